The van der Waals surface area contributed by atoms with Crippen molar-refractivity contribution in [2.45, 2.75) is 103 Å². The van der Waals surface area contributed by atoms with E-state index in [1.807, 2.05) is 36.4 Å². The lowest BCUT2D eigenvalue weighted by atomic mass is 9.90. The fraction of sp³-hybridized carbons (Fsp3) is 0.550. The van der Waals surface area contributed by atoms with Gasteiger partial charge in [-0.1, -0.05) is 54.6 Å². The van der Waals surface area contributed by atoms with Gasteiger partial charge < -0.3 is 39.1 Å². The van der Waals surface area contributed by atoms with Crippen molar-refractivity contribution in [2.75, 3.05) is 40.6 Å². The van der Waals surface area contributed by atoms with Crippen LogP contribution in [-0.2, 0) is 50.9 Å². The zero-order valence-electron chi connectivity index (χ0n) is 31.9. The molecule has 2 heterocycles. The van der Waals surface area contributed by atoms with Crippen molar-refractivity contribution in [2.24, 2.45) is 0 Å². The Balaban J connectivity index is 0.000000280. The number of benzene rings is 2. The number of nitrogens with one attached hydrogen (secondary N) is 2. The number of carbonyl (C=O) groups is 4. The van der Waals surface area contributed by atoms with E-state index in [0.29, 0.717) is 25.4 Å². The van der Waals surface area contributed by atoms with Crippen LogP contribution in [0, 0.1) is 0 Å². The normalized spacial score (nSPS) is 16.1. The SMILES string of the molecule is COC(=O)[C@H](Cc1ccc(C2=CCOCC2)cc1)NC(=O)OC(C)(C)C.COC(=O)[C@H](Cc1ccc(C2CCOCC2)cc1)NC(=O)OC(C)(C)C. The lowest BCUT2D eigenvalue weighted by Gasteiger charge is -2.23. The highest BCUT2D eigenvalue weighted by Crippen LogP contribution is 2.27. The molecule has 0 aliphatic carbocycles. The van der Waals surface area contributed by atoms with Gasteiger partial charge in [-0.15, -0.1) is 0 Å². The molecule has 2 N–H and O–H groups in total. The van der Waals surface area contributed by atoms with Crippen LogP contribution < -0.4 is 10.6 Å². The Morgan fingerprint density at radius 1 is 0.692 bits per heavy atom. The van der Waals surface area contributed by atoms with Crippen LogP contribution in [0.1, 0.15) is 89.0 Å². The average molecular weight is 725 g/mol. The summed E-state index contributed by atoms with van der Waals surface area (Å²) >= 11 is 0. The maximum absolute atomic E-state index is 12.0. The van der Waals surface area contributed by atoms with Crippen LogP contribution in [0.15, 0.2) is 54.6 Å². The standard InChI is InChI=1S/C20H29NO5.C20H27NO5/c2*1-20(2,3)26-19(23)21-17(18(22)24-4)13-14-5-7-15(8-6-14)16-9-11-25-12-10-16/h5-8,16-17H,9-13H2,1-4H3,(H,21,23);5-9,17H,10-13H2,1-4H3,(H,21,23)/t2*17-/m00/s1. The third kappa shape index (κ3) is 15.1. The Morgan fingerprint density at radius 2 is 1.15 bits per heavy atom. The number of alkyl carbamates (subject to hydrolysis) is 2. The molecule has 12 heteroatoms. The Kier molecular flexibility index (Phi) is 16.1. The number of esters is 2. The summed E-state index contributed by atoms with van der Waals surface area (Å²) in [5.41, 5.74) is 4.30. The molecular formula is C40H56N2O10. The van der Waals surface area contributed by atoms with Gasteiger partial charge in [0.2, 0.25) is 0 Å². The molecule has 0 aromatic heterocycles. The second-order valence-corrected chi connectivity index (χ2v) is 14.7. The van der Waals surface area contributed by atoms with Gasteiger partial charge in [0.25, 0.3) is 0 Å². The van der Waals surface area contributed by atoms with Gasteiger partial charge in [-0.3, -0.25) is 0 Å². The summed E-state index contributed by atoms with van der Waals surface area (Å²) in [7, 11) is 2.60. The quantitative estimate of drug-likeness (QED) is 0.212. The monoisotopic (exact) mass is 724 g/mol. The molecule has 1 fully saturated rings. The van der Waals surface area contributed by atoms with Gasteiger partial charge in [0.15, 0.2) is 0 Å². The number of rotatable bonds is 10. The minimum Gasteiger partial charge on any atom is -0.467 e. The summed E-state index contributed by atoms with van der Waals surface area (Å²) in [6.07, 6.45) is 4.44. The summed E-state index contributed by atoms with van der Waals surface area (Å²) in [6, 6.07) is 14.5. The highest BCUT2D eigenvalue weighted by Gasteiger charge is 2.27. The Morgan fingerprint density at radius 3 is 1.56 bits per heavy atom. The summed E-state index contributed by atoms with van der Waals surface area (Å²) in [6.45, 7) is 13.6. The highest BCUT2D eigenvalue weighted by molar-refractivity contribution is 5.82. The van der Waals surface area contributed by atoms with E-state index in [4.69, 9.17) is 28.4 Å². The first-order chi connectivity index (χ1) is 24.6. The van der Waals surface area contributed by atoms with Crippen LogP contribution in [0.4, 0.5) is 9.59 Å². The van der Waals surface area contributed by atoms with Crippen molar-refractivity contribution in [3.05, 3.63) is 76.9 Å². The van der Waals surface area contributed by atoms with Crippen LogP contribution in [0.2, 0.25) is 0 Å². The van der Waals surface area contributed by atoms with Gasteiger partial charge in [0.05, 0.1) is 27.4 Å². The summed E-state index contributed by atoms with van der Waals surface area (Å²) in [5, 5.41) is 5.19. The number of carbonyl (C=O) groups excluding carboxylic acids is 4. The van der Waals surface area contributed by atoms with Gasteiger partial charge in [0.1, 0.15) is 23.3 Å². The number of amides is 2. The van der Waals surface area contributed by atoms with Crippen molar-refractivity contribution in [3.63, 3.8) is 0 Å². The third-order valence-corrected chi connectivity index (χ3v) is 8.19. The minimum absolute atomic E-state index is 0.328. The molecule has 286 valence electrons. The molecule has 4 rings (SSSR count). The molecule has 2 aliphatic rings. The smallest absolute Gasteiger partial charge is 0.408 e. The molecule has 0 bridgehead atoms. The Labute approximate surface area is 307 Å². The van der Waals surface area contributed by atoms with Crippen LogP contribution >= 0.6 is 0 Å². The van der Waals surface area contributed by atoms with Crippen molar-refractivity contribution >= 4 is 29.7 Å². The van der Waals surface area contributed by atoms with Gasteiger partial charge in [0, 0.05) is 26.1 Å². The van der Waals surface area contributed by atoms with E-state index in [1.54, 1.807) is 41.5 Å². The molecule has 2 atom stereocenters. The predicted octanol–water partition coefficient (Wildman–Crippen LogP) is 6.29. The summed E-state index contributed by atoms with van der Waals surface area (Å²) in [4.78, 5) is 48.0. The molecule has 2 aromatic rings. The molecular weight excluding hydrogens is 668 g/mol. The number of methoxy groups -OCH3 is 2. The first-order valence-corrected chi connectivity index (χ1v) is 17.7. The summed E-state index contributed by atoms with van der Waals surface area (Å²) < 4.78 is 30.8. The van der Waals surface area contributed by atoms with E-state index < -0.39 is 47.4 Å². The van der Waals surface area contributed by atoms with Gasteiger partial charge in [-0.2, -0.15) is 0 Å². The molecule has 0 unspecified atom stereocenters. The van der Waals surface area contributed by atoms with Crippen LogP contribution in [0.3, 0.4) is 0 Å². The Bertz CT molecular complexity index is 1480. The number of ether oxygens (including phenoxy) is 6. The van der Waals surface area contributed by atoms with E-state index in [1.165, 1.54) is 25.4 Å². The largest absolute Gasteiger partial charge is 0.467 e. The number of hydrogen-bond donors (Lipinski definition) is 2. The van der Waals surface area contributed by atoms with Crippen LogP contribution in [0.5, 0.6) is 0 Å². The second-order valence-electron chi connectivity index (χ2n) is 14.7. The lowest BCUT2D eigenvalue weighted by Crippen LogP contribution is -2.45. The molecule has 2 amide bonds. The summed E-state index contributed by atoms with van der Waals surface area (Å²) in [5.74, 6) is -0.481. The second kappa shape index (κ2) is 20.0. The third-order valence-electron chi connectivity index (χ3n) is 8.19. The first kappa shape index (κ1) is 42.0. The van der Waals surface area contributed by atoms with Crippen LogP contribution in [-0.4, -0.2) is 88.1 Å². The molecule has 2 aliphatic heterocycles. The van der Waals surface area contributed by atoms with Crippen molar-refractivity contribution in [1.29, 1.82) is 0 Å². The van der Waals surface area contributed by atoms with E-state index in [2.05, 4.69) is 28.8 Å². The average Bonchev–Trinajstić information content (AvgIpc) is 3.10. The molecule has 0 spiro atoms. The molecule has 52 heavy (non-hydrogen) atoms. The highest BCUT2D eigenvalue weighted by atomic mass is 16.6. The van der Waals surface area contributed by atoms with Crippen molar-refractivity contribution in [3.8, 4) is 0 Å². The minimum atomic E-state index is -0.803. The maximum Gasteiger partial charge on any atom is 0.408 e. The van der Waals surface area contributed by atoms with Crippen molar-refractivity contribution in [1.82, 2.24) is 10.6 Å². The lowest BCUT2D eigenvalue weighted by molar-refractivity contribution is -0.143. The molecule has 1 saturated heterocycles. The molecule has 0 saturated carbocycles. The van der Waals surface area contributed by atoms with E-state index in [0.717, 1.165) is 55.8 Å². The predicted molar refractivity (Wildman–Crippen MR) is 197 cm³/mol. The van der Waals surface area contributed by atoms with E-state index >= 15 is 0 Å². The van der Waals surface area contributed by atoms with E-state index in [9.17, 15) is 19.2 Å². The molecule has 2 aromatic carbocycles. The number of hydrogen-bond acceptors (Lipinski definition) is 10. The van der Waals surface area contributed by atoms with Crippen molar-refractivity contribution < 1.29 is 47.6 Å². The van der Waals surface area contributed by atoms with Crippen LogP contribution in [0.25, 0.3) is 5.57 Å². The zero-order chi connectivity index (χ0) is 38.3. The molecule has 0 radical (unpaired) electrons. The van der Waals surface area contributed by atoms with Gasteiger partial charge in [-0.05, 0) is 94.5 Å². The fourth-order valence-electron chi connectivity index (χ4n) is 5.64. The van der Waals surface area contributed by atoms with E-state index in [-0.39, 0.29) is 0 Å². The maximum atomic E-state index is 12.0. The Hall–Kier alpha value is -4.42. The fourth-order valence-corrected chi connectivity index (χ4v) is 5.64. The van der Waals surface area contributed by atoms with Gasteiger partial charge in [-0.25, -0.2) is 19.2 Å². The van der Waals surface area contributed by atoms with Gasteiger partial charge >= 0.3 is 24.1 Å². The first-order valence-electron chi connectivity index (χ1n) is 17.7. The zero-order valence-corrected chi connectivity index (χ0v) is 31.9. The molecule has 12 nitrogen and oxygen atoms in total. The topological polar surface area (TPSA) is 148 Å².